The van der Waals surface area contributed by atoms with Crippen LogP contribution in [-0.4, -0.2) is 110 Å². The van der Waals surface area contributed by atoms with Crippen LogP contribution >= 0.6 is 0 Å². The third-order valence-corrected chi connectivity index (χ3v) is 14.9. The number of aliphatic hydroxyl groups excluding tert-OH is 1. The Kier molecular flexibility index (Phi) is 14.6. The van der Waals surface area contributed by atoms with Crippen molar-refractivity contribution in [2.24, 2.45) is 5.92 Å². The molecule has 1 aliphatic carbocycles. The van der Waals surface area contributed by atoms with Crippen molar-refractivity contribution in [3.63, 3.8) is 0 Å². The van der Waals surface area contributed by atoms with Crippen LogP contribution in [-0.2, 0) is 38.7 Å². The lowest BCUT2D eigenvalue weighted by Gasteiger charge is -2.46. The number of nitrogens with zero attached hydrogens (tertiary/aromatic N) is 3. The zero-order valence-corrected chi connectivity index (χ0v) is 40.8. The summed E-state index contributed by atoms with van der Waals surface area (Å²) in [6.45, 7) is 2.27. The van der Waals surface area contributed by atoms with Gasteiger partial charge in [0.2, 0.25) is 11.8 Å². The van der Waals surface area contributed by atoms with E-state index < -0.39 is 65.0 Å². The van der Waals surface area contributed by atoms with Gasteiger partial charge in [0.1, 0.15) is 42.1 Å². The molecule has 3 saturated heterocycles. The number of amides is 3. The zero-order valence-electron chi connectivity index (χ0n) is 40.8. The highest BCUT2D eigenvalue weighted by molar-refractivity contribution is 6.24. The first-order valence-electron chi connectivity index (χ1n) is 25.2. The van der Waals surface area contributed by atoms with Gasteiger partial charge in [-0.15, -0.1) is 0 Å². The fraction of sp³-hybridized carbons (Fsp3) is 0.379. The van der Waals surface area contributed by atoms with E-state index in [-0.39, 0.29) is 37.7 Å². The monoisotopic (exact) mass is 988 g/mol. The van der Waals surface area contributed by atoms with Gasteiger partial charge in [-0.2, -0.15) is 0 Å². The van der Waals surface area contributed by atoms with E-state index in [0.717, 1.165) is 41.8 Å². The van der Waals surface area contributed by atoms with Crippen LogP contribution in [0.5, 0.6) is 5.75 Å². The SMILES string of the molecule is COCCOC(=O)N1C(=O)[C@@]2(c3cc(C#CC4(O)CCCCCC4)ccc31)[C@H](C(=O)Nc1ccc(N3CCOCC3)cc1)[C@H]1C(=O)O[C@H](c3ccccc3)[C@H](c3ccccc3)N1[C@@H]2c1ccc(OCCO)cc1. The molecule has 15 nitrogen and oxygen atoms in total. The molecule has 73 heavy (non-hydrogen) atoms. The molecule has 1 saturated carbocycles. The van der Waals surface area contributed by atoms with Crippen molar-refractivity contribution >= 4 is 40.9 Å². The molecule has 5 aromatic carbocycles. The standard InChI is InChI=1S/C58H60N4O11/c1-69-36-37-72-56(67)61-47-25-16-39(26-29-57(68)27-10-2-3-11-28-57)38-46(47)58(55(61)66)48(53(64)59-43-19-21-44(22-20-43)60-30-33-70-34-31-60)50-54(65)73-51(41-14-8-5-9-15-41)49(40-12-6-4-7-13-40)62(50)52(58)42-17-23-45(24-18-42)71-35-32-63/h4-9,12-25,38,48-52,63,68H,2-3,10-11,27-28,30-37H2,1H3,(H,59,64)/t48-,49-,50-,51+,52+,58-/m0/s1. The molecule has 15 heteroatoms. The molecule has 0 bridgehead atoms. The molecular formula is C58H60N4O11. The second-order valence-corrected chi connectivity index (χ2v) is 19.2. The molecule has 3 amide bonds. The number of methoxy groups -OCH3 is 1. The van der Waals surface area contributed by atoms with E-state index in [0.29, 0.717) is 67.3 Å². The number of imide groups is 1. The first kappa shape index (κ1) is 49.5. The van der Waals surface area contributed by atoms with Gasteiger partial charge < -0.3 is 44.1 Å². The fourth-order valence-corrected chi connectivity index (χ4v) is 11.6. The molecule has 0 aromatic heterocycles. The average Bonchev–Trinajstić information content (AvgIpc) is 3.77. The van der Waals surface area contributed by atoms with E-state index in [9.17, 15) is 15.0 Å². The number of fused-ring (bicyclic) bond motifs is 3. The molecule has 4 fully saturated rings. The third-order valence-electron chi connectivity index (χ3n) is 14.9. The summed E-state index contributed by atoms with van der Waals surface area (Å²) in [4.78, 5) is 68.0. The summed E-state index contributed by atoms with van der Waals surface area (Å²) in [6, 6.07) is 35.0. The average molecular weight is 989 g/mol. The van der Waals surface area contributed by atoms with Crippen molar-refractivity contribution < 1.29 is 53.1 Å². The predicted molar refractivity (Wildman–Crippen MR) is 272 cm³/mol. The molecule has 10 rings (SSSR count). The van der Waals surface area contributed by atoms with E-state index in [1.807, 2.05) is 77.7 Å². The second-order valence-electron chi connectivity index (χ2n) is 19.2. The van der Waals surface area contributed by atoms with Gasteiger partial charge in [-0.25, -0.2) is 9.69 Å². The number of aliphatic hydroxyl groups is 2. The Bertz CT molecular complexity index is 2840. The first-order chi connectivity index (χ1) is 35.6. The Morgan fingerprint density at radius 2 is 1.47 bits per heavy atom. The van der Waals surface area contributed by atoms with Crippen LogP contribution in [0.1, 0.15) is 84.5 Å². The molecule has 378 valence electrons. The quantitative estimate of drug-likeness (QED) is 0.0488. The summed E-state index contributed by atoms with van der Waals surface area (Å²) in [5, 5.41) is 24.5. The van der Waals surface area contributed by atoms with E-state index >= 15 is 14.4 Å². The van der Waals surface area contributed by atoms with Crippen molar-refractivity contribution in [2.75, 3.05) is 75.0 Å². The van der Waals surface area contributed by atoms with E-state index in [4.69, 9.17) is 23.7 Å². The lowest BCUT2D eigenvalue weighted by Crippen LogP contribution is -2.54. The molecule has 0 radical (unpaired) electrons. The van der Waals surface area contributed by atoms with E-state index in [2.05, 4.69) is 22.1 Å². The van der Waals surface area contributed by atoms with Crippen LogP contribution in [0.4, 0.5) is 21.9 Å². The minimum absolute atomic E-state index is 0.0300. The summed E-state index contributed by atoms with van der Waals surface area (Å²) < 4.78 is 29.0. The van der Waals surface area contributed by atoms with Gasteiger partial charge in [0.15, 0.2) is 0 Å². The maximum Gasteiger partial charge on any atom is 0.421 e. The molecule has 1 spiro atoms. The molecule has 4 aliphatic heterocycles. The van der Waals surface area contributed by atoms with Crippen molar-refractivity contribution in [3.05, 3.63) is 155 Å². The van der Waals surface area contributed by atoms with Crippen LogP contribution in [0.15, 0.2) is 127 Å². The number of benzene rings is 5. The van der Waals surface area contributed by atoms with Gasteiger partial charge >= 0.3 is 12.1 Å². The molecule has 5 aromatic rings. The number of esters is 1. The molecule has 0 unspecified atom stereocenters. The highest BCUT2D eigenvalue weighted by Gasteiger charge is 2.76. The molecule has 4 heterocycles. The minimum Gasteiger partial charge on any atom is -0.491 e. The number of ether oxygens (including phenoxy) is 5. The fourth-order valence-electron chi connectivity index (χ4n) is 11.6. The van der Waals surface area contributed by atoms with Crippen LogP contribution < -0.4 is 19.9 Å². The summed E-state index contributed by atoms with van der Waals surface area (Å²) in [5.74, 6) is 3.06. The third kappa shape index (κ3) is 9.57. The number of hydrogen-bond donors (Lipinski definition) is 3. The summed E-state index contributed by atoms with van der Waals surface area (Å²) in [7, 11) is 1.47. The summed E-state index contributed by atoms with van der Waals surface area (Å²) >= 11 is 0. The number of rotatable bonds is 12. The van der Waals surface area contributed by atoms with Gasteiger partial charge in [-0.1, -0.05) is 97.5 Å². The Morgan fingerprint density at radius 3 is 2.14 bits per heavy atom. The number of hydrogen-bond acceptors (Lipinski definition) is 13. The van der Waals surface area contributed by atoms with Gasteiger partial charge in [0.25, 0.3) is 0 Å². The maximum absolute atomic E-state index is 16.6. The summed E-state index contributed by atoms with van der Waals surface area (Å²) in [6.07, 6.45) is 2.73. The number of carbonyl (C=O) groups is 4. The van der Waals surface area contributed by atoms with Gasteiger partial charge in [0, 0.05) is 37.1 Å². The van der Waals surface area contributed by atoms with Crippen molar-refractivity contribution in [1.82, 2.24) is 4.90 Å². The number of morpholine rings is 2. The van der Waals surface area contributed by atoms with Crippen molar-refractivity contribution in [2.45, 2.75) is 73.8 Å². The zero-order chi connectivity index (χ0) is 50.5. The van der Waals surface area contributed by atoms with Crippen molar-refractivity contribution in [1.29, 1.82) is 0 Å². The van der Waals surface area contributed by atoms with E-state index in [1.165, 1.54) is 7.11 Å². The van der Waals surface area contributed by atoms with Gasteiger partial charge in [0.05, 0.1) is 50.1 Å². The topological polar surface area (TPSA) is 177 Å². The van der Waals surface area contributed by atoms with Gasteiger partial charge in [-0.05, 0) is 103 Å². The Labute approximate surface area is 424 Å². The minimum atomic E-state index is -2.08. The van der Waals surface area contributed by atoms with Crippen LogP contribution in [0, 0.1) is 17.8 Å². The molecule has 3 N–H and O–H groups in total. The first-order valence-corrected chi connectivity index (χ1v) is 25.2. The number of cyclic esters (lactones) is 1. The Hall–Kier alpha value is -7.06. The Morgan fingerprint density at radius 1 is 0.781 bits per heavy atom. The number of carbonyl (C=O) groups excluding carboxylic acids is 4. The van der Waals surface area contributed by atoms with Crippen LogP contribution in [0.2, 0.25) is 0 Å². The lowest BCUT2D eigenvalue weighted by molar-refractivity contribution is -0.177. The Balaban J connectivity index is 1.23. The molecule has 5 aliphatic rings. The normalized spacial score (nSPS) is 24.4. The van der Waals surface area contributed by atoms with Gasteiger partial charge in [-0.3, -0.25) is 19.3 Å². The molecular weight excluding hydrogens is 929 g/mol. The highest BCUT2D eigenvalue weighted by Crippen LogP contribution is 2.66. The maximum atomic E-state index is 16.6. The van der Waals surface area contributed by atoms with Crippen LogP contribution in [0.25, 0.3) is 0 Å². The predicted octanol–water partition coefficient (Wildman–Crippen LogP) is 7.42. The number of nitrogens with one attached hydrogen (secondary N) is 1. The largest absolute Gasteiger partial charge is 0.491 e. The van der Waals surface area contributed by atoms with Crippen molar-refractivity contribution in [3.8, 4) is 17.6 Å². The number of anilines is 3. The van der Waals surface area contributed by atoms with E-state index in [1.54, 1.807) is 54.6 Å². The smallest absolute Gasteiger partial charge is 0.421 e. The summed E-state index contributed by atoms with van der Waals surface area (Å²) in [5.41, 5.74) is 0.826. The van der Waals surface area contributed by atoms with Crippen LogP contribution in [0.3, 0.4) is 0 Å². The lowest BCUT2D eigenvalue weighted by atomic mass is 9.65. The second kappa shape index (κ2) is 21.6. The molecule has 6 atom stereocenters. The highest BCUT2D eigenvalue weighted by atomic mass is 16.6.